The number of carbonyl (C=O) groups is 1. The maximum atomic E-state index is 12.4. The Kier molecular flexibility index (Phi) is 3.56. The summed E-state index contributed by atoms with van der Waals surface area (Å²) < 4.78 is 5.58. The highest BCUT2D eigenvalue weighted by atomic mass is 16.5. The van der Waals surface area contributed by atoms with Gasteiger partial charge in [0.25, 0.3) is 5.91 Å². The third-order valence-corrected chi connectivity index (χ3v) is 5.13. The van der Waals surface area contributed by atoms with E-state index in [1.54, 1.807) is 18.3 Å². The van der Waals surface area contributed by atoms with E-state index in [2.05, 4.69) is 16.5 Å². The molecule has 6 nitrogen and oxygen atoms in total. The van der Waals surface area contributed by atoms with Crippen molar-refractivity contribution in [3.05, 3.63) is 23.9 Å². The first-order valence-corrected chi connectivity index (χ1v) is 8.32. The second kappa shape index (κ2) is 5.73. The van der Waals surface area contributed by atoms with Crippen molar-refractivity contribution in [1.29, 1.82) is 5.26 Å². The molecule has 2 aliphatic heterocycles. The Morgan fingerprint density at radius 2 is 2.26 bits per heavy atom. The van der Waals surface area contributed by atoms with Gasteiger partial charge in [0.1, 0.15) is 0 Å². The van der Waals surface area contributed by atoms with Crippen LogP contribution in [0.1, 0.15) is 42.5 Å². The van der Waals surface area contributed by atoms with Gasteiger partial charge in [0.05, 0.1) is 24.3 Å². The number of rotatable bonds is 5. The fraction of sp³-hybridized carbons (Fsp3) is 0.588. The van der Waals surface area contributed by atoms with Crippen molar-refractivity contribution in [2.75, 3.05) is 6.61 Å². The first-order valence-electron chi connectivity index (χ1n) is 8.32. The highest BCUT2D eigenvalue weighted by Gasteiger charge is 2.46. The zero-order valence-electron chi connectivity index (χ0n) is 12.9. The van der Waals surface area contributed by atoms with E-state index >= 15 is 0 Å². The molecule has 6 heteroatoms. The summed E-state index contributed by atoms with van der Waals surface area (Å²) in [5.41, 5.74) is 0.537. The summed E-state index contributed by atoms with van der Waals surface area (Å²) in [6, 6.07) is 4.01. The van der Waals surface area contributed by atoms with Crippen LogP contribution in [0.4, 0.5) is 0 Å². The average molecular weight is 312 g/mol. The van der Waals surface area contributed by atoms with Crippen molar-refractivity contribution < 1.29 is 9.53 Å². The minimum Gasteiger partial charge on any atom is -0.477 e. The van der Waals surface area contributed by atoms with E-state index in [1.807, 2.05) is 4.90 Å². The van der Waals surface area contributed by atoms with Gasteiger partial charge >= 0.3 is 0 Å². The van der Waals surface area contributed by atoms with Gasteiger partial charge in [0, 0.05) is 18.3 Å². The Morgan fingerprint density at radius 3 is 2.91 bits per heavy atom. The van der Waals surface area contributed by atoms with Gasteiger partial charge in [-0.3, -0.25) is 4.79 Å². The molecule has 0 aromatic carbocycles. The largest absolute Gasteiger partial charge is 0.477 e. The molecule has 0 radical (unpaired) electrons. The Labute approximate surface area is 135 Å². The van der Waals surface area contributed by atoms with E-state index in [-0.39, 0.29) is 18.0 Å². The van der Waals surface area contributed by atoms with Gasteiger partial charge in [-0.1, -0.05) is 0 Å². The number of amides is 1. The van der Waals surface area contributed by atoms with Crippen LogP contribution in [-0.4, -0.2) is 40.5 Å². The molecule has 1 N–H and O–H groups in total. The molecule has 0 spiro atoms. The lowest BCUT2D eigenvalue weighted by molar-refractivity contribution is 0.0928. The highest BCUT2D eigenvalue weighted by molar-refractivity contribution is 5.94. The van der Waals surface area contributed by atoms with Gasteiger partial charge < -0.3 is 15.0 Å². The SMILES string of the molecule is N#CN1[C@H]2CC[C@@H]1[C@H](NC(=O)c1ccc(OCC3CC3)nc1)C2. The number of nitrogens with zero attached hydrogens (tertiary/aromatic N) is 3. The molecule has 3 aliphatic rings. The van der Waals surface area contributed by atoms with Crippen LogP contribution in [0.15, 0.2) is 18.3 Å². The quantitative estimate of drug-likeness (QED) is 0.837. The van der Waals surface area contributed by atoms with Gasteiger partial charge in [-0.05, 0) is 44.1 Å². The molecule has 1 aromatic rings. The second-order valence-electron chi connectivity index (χ2n) is 6.76. The van der Waals surface area contributed by atoms with Gasteiger partial charge in [-0.15, -0.1) is 0 Å². The van der Waals surface area contributed by atoms with Gasteiger partial charge in [0.15, 0.2) is 6.19 Å². The van der Waals surface area contributed by atoms with E-state index in [9.17, 15) is 10.1 Å². The monoisotopic (exact) mass is 312 g/mol. The molecule has 2 saturated heterocycles. The van der Waals surface area contributed by atoms with E-state index < -0.39 is 0 Å². The molecule has 1 saturated carbocycles. The standard InChI is InChI=1S/C17H20N4O2/c18-10-21-13-4-5-15(21)14(7-13)20-17(22)12-3-6-16(19-8-12)23-9-11-1-2-11/h3,6,8,11,13-15H,1-2,4-5,7,9H2,(H,20,22)/t13-,14+,15+/m0/s1. The van der Waals surface area contributed by atoms with Gasteiger partial charge in [-0.2, -0.15) is 5.26 Å². The molecule has 0 unspecified atom stereocenters. The number of carbonyl (C=O) groups excluding carboxylic acids is 1. The van der Waals surface area contributed by atoms with E-state index in [1.165, 1.54) is 12.8 Å². The first-order chi connectivity index (χ1) is 11.2. The smallest absolute Gasteiger partial charge is 0.253 e. The molecule has 3 fully saturated rings. The minimum atomic E-state index is -0.123. The number of nitriles is 1. The summed E-state index contributed by atoms with van der Waals surface area (Å²) in [6.07, 6.45) is 9.20. The van der Waals surface area contributed by atoms with Crippen LogP contribution in [0.5, 0.6) is 5.88 Å². The minimum absolute atomic E-state index is 0.0618. The molecule has 4 rings (SSSR count). The van der Waals surface area contributed by atoms with Crippen molar-refractivity contribution in [1.82, 2.24) is 15.2 Å². The summed E-state index contributed by atoms with van der Waals surface area (Å²) in [4.78, 5) is 18.4. The summed E-state index contributed by atoms with van der Waals surface area (Å²) in [5.74, 6) is 1.13. The Hall–Kier alpha value is -2.29. The zero-order chi connectivity index (χ0) is 15.8. The molecule has 3 atom stereocenters. The maximum absolute atomic E-state index is 12.4. The van der Waals surface area contributed by atoms with E-state index in [0.29, 0.717) is 30.0 Å². The molecule has 1 amide bonds. The van der Waals surface area contributed by atoms with Crippen LogP contribution >= 0.6 is 0 Å². The number of pyridine rings is 1. The van der Waals surface area contributed by atoms with Crippen molar-refractivity contribution in [3.8, 4) is 12.1 Å². The maximum Gasteiger partial charge on any atom is 0.253 e. The number of fused-ring (bicyclic) bond motifs is 2. The Bertz CT molecular complexity index is 635. The number of hydrogen-bond donors (Lipinski definition) is 1. The van der Waals surface area contributed by atoms with Crippen LogP contribution in [0.25, 0.3) is 0 Å². The Balaban J connectivity index is 1.35. The molecule has 1 aliphatic carbocycles. The molecule has 23 heavy (non-hydrogen) atoms. The highest BCUT2D eigenvalue weighted by Crippen LogP contribution is 2.37. The van der Waals surface area contributed by atoms with Gasteiger partial charge in [-0.25, -0.2) is 4.98 Å². The lowest BCUT2D eigenvalue weighted by atomic mass is 9.95. The number of ether oxygens (including phenoxy) is 1. The molecule has 1 aromatic heterocycles. The van der Waals surface area contributed by atoms with Crippen molar-refractivity contribution >= 4 is 5.91 Å². The normalized spacial score (nSPS) is 28.5. The van der Waals surface area contributed by atoms with Crippen LogP contribution in [-0.2, 0) is 0 Å². The molecule has 120 valence electrons. The van der Waals surface area contributed by atoms with Crippen molar-refractivity contribution in [3.63, 3.8) is 0 Å². The molecule has 3 heterocycles. The van der Waals surface area contributed by atoms with Crippen molar-refractivity contribution in [2.45, 2.75) is 50.2 Å². The fourth-order valence-corrected chi connectivity index (χ4v) is 3.64. The van der Waals surface area contributed by atoms with Crippen LogP contribution in [0.3, 0.4) is 0 Å². The topological polar surface area (TPSA) is 78.2 Å². The lowest BCUT2D eigenvalue weighted by Gasteiger charge is -2.21. The van der Waals surface area contributed by atoms with Gasteiger partial charge in [0.2, 0.25) is 5.88 Å². The first kappa shape index (κ1) is 14.3. The number of aromatic nitrogens is 1. The van der Waals surface area contributed by atoms with E-state index in [0.717, 1.165) is 19.3 Å². The Morgan fingerprint density at radius 1 is 1.39 bits per heavy atom. The third-order valence-electron chi connectivity index (χ3n) is 5.13. The van der Waals surface area contributed by atoms with Crippen LogP contribution in [0.2, 0.25) is 0 Å². The summed E-state index contributed by atoms with van der Waals surface area (Å²) in [6.45, 7) is 0.716. The van der Waals surface area contributed by atoms with Crippen LogP contribution in [0, 0.1) is 17.4 Å². The second-order valence-corrected chi connectivity index (χ2v) is 6.76. The summed E-state index contributed by atoms with van der Waals surface area (Å²) in [7, 11) is 0. The van der Waals surface area contributed by atoms with Crippen LogP contribution < -0.4 is 10.1 Å². The molecular weight excluding hydrogens is 292 g/mol. The predicted octanol–water partition coefficient (Wildman–Crippen LogP) is 1.69. The average Bonchev–Trinajstić information content (AvgIpc) is 3.25. The zero-order valence-corrected chi connectivity index (χ0v) is 12.9. The van der Waals surface area contributed by atoms with E-state index in [4.69, 9.17) is 4.74 Å². The summed E-state index contributed by atoms with van der Waals surface area (Å²) >= 11 is 0. The lowest BCUT2D eigenvalue weighted by Crippen LogP contribution is -2.43. The predicted molar refractivity (Wildman–Crippen MR) is 82.6 cm³/mol. The number of nitrogens with one attached hydrogen (secondary N) is 1. The molecular formula is C17H20N4O2. The molecule has 2 bridgehead atoms. The summed E-state index contributed by atoms with van der Waals surface area (Å²) in [5, 5.41) is 12.2. The van der Waals surface area contributed by atoms with Crippen molar-refractivity contribution in [2.24, 2.45) is 5.92 Å². The third kappa shape index (κ3) is 2.83. The number of hydrogen-bond acceptors (Lipinski definition) is 5. The fourth-order valence-electron chi connectivity index (χ4n) is 3.64.